The number of hydrogen-bond acceptors (Lipinski definition) is 3. The molecule has 0 fully saturated rings. The number of aromatic nitrogens is 1. The number of hydrogen-bond donors (Lipinski definition) is 1. The summed E-state index contributed by atoms with van der Waals surface area (Å²) in [5, 5.41) is 13.9. The molecule has 1 aromatic carbocycles. The highest BCUT2D eigenvalue weighted by Crippen LogP contribution is 2.15. The quantitative estimate of drug-likeness (QED) is 0.695. The van der Waals surface area contributed by atoms with Crippen molar-refractivity contribution in [3.63, 3.8) is 0 Å². The molecule has 2 rings (SSSR count). The van der Waals surface area contributed by atoms with Gasteiger partial charge in [0.25, 0.3) is 11.6 Å². The molecule has 20 heavy (non-hydrogen) atoms. The number of rotatable bonds is 4. The number of aryl methyl sites for hydroxylation is 1. The predicted molar refractivity (Wildman–Crippen MR) is 74.7 cm³/mol. The molecule has 0 spiro atoms. The summed E-state index contributed by atoms with van der Waals surface area (Å²) in [6.07, 6.45) is 1.30. The topological polar surface area (TPSA) is 77.2 Å². The van der Waals surface area contributed by atoms with E-state index in [1.54, 1.807) is 25.2 Å². The van der Waals surface area contributed by atoms with E-state index >= 15 is 0 Å². The molecule has 0 saturated heterocycles. The first kappa shape index (κ1) is 14.1. The minimum absolute atomic E-state index is 0.111. The van der Waals surface area contributed by atoms with Gasteiger partial charge in [0, 0.05) is 24.7 Å². The number of carbonyl (C=O) groups is 1. The molecule has 1 heterocycles. The van der Waals surface area contributed by atoms with Crippen LogP contribution in [0.4, 0.5) is 5.69 Å². The first-order valence-electron chi connectivity index (χ1n) is 5.81. The van der Waals surface area contributed by atoms with E-state index in [4.69, 9.17) is 11.6 Å². The molecule has 7 heteroatoms. The van der Waals surface area contributed by atoms with Crippen LogP contribution in [0.5, 0.6) is 0 Å². The molecule has 0 aliphatic carbocycles. The predicted octanol–water partition coefficient (Wildman–Crippen LogP) is 2.52. The van der Waals surface area contributed by atoms with Crippen molar-refractivity contribution in [1.29, 1.82) is 0 Å². The Bertz CT molecular complexity index is 667. The van der Waals surface area contributed by atoms with Gasteiger partial charge in [-0.3, -0.25) is 14.9 Å². The van der Waals surface area contributed by atoms with E-state index in [0.29, 0.717) is 11.6 Å². The van der Waals surface area contributed by atoms with Crippen molar-refractivity contribution < 1.29 is 9.72 Å². The zero-order valence-electron chi connectivity index (χ0n) is 10.7. The largest absolute Gasteiger partial charge is 0.347 e. The average Bonchev–Trinajstić information content (AvgIpc) is 2.78. The molecule has 0 aliphatic rings. The molecule has 1 aromatic heterocycles. The molecule has 104 valence electrons. The molecule has 0 saturated carbocycles. The number of nitrogens with one attached hydrogen (secondary N) is 1. The molecule has 0 aliphatic heterocycles. The lowest BCUT2D eigenvalue weighted by Crippen LogP contribution is -2.24. The van der Waals surface area contributed by atoms with Crippen LogP contribution in [-0.4, -0.2) is 15.4 Å². The molecular weight excluding hydrogens is 282 g/mol. The van der Waals surface area contributed by atoms with Crippen molar-refractivity contribution in [3.05, 3.63) is 62.9 Å². The van der Waals surface area contributed by atoms with E-state index in [1.165, 1.54) is 16.8 Å². The molecule has 2 aromatic rings. The van der Waals surface area contributed by atoms with Gasteiger partial charge in [-0.15, -0.1) is 0 Å². The van der Waals surface area contributed by atoms with E-state index in [-0.39, 0.29) is 17.3 Å². The number of halogens is 1. The van der Waals surface area contributed by atoms with Gasteiger partial charge in [-0.05, 0) is 17.7 Å². The van der Waals surface area contributed by atoms with Crippen LogP contribution in [0.2, 0.25) is 5.02 Å². The highest BCUT2D eigenvalue weighted by molar-refractivity contribution is 6.30. The summed E-state index contributed by atoms with van der Waals surface area (Å²) < 4.78 is 1.42. The minimum atomic E-state index is -0.534. The smallest absolute Gasteiger partial charge is 0.287 e. The Morgan fingerprint density at radius 3 is 2.80 bits per heavy atom. The summed E-state index contributed by atoms with van der Waals surface area (Å²) in [5.41, 5.74) is 0.980. The first-order valence-corrected chi connectivity index (χ1v) is 6.18. The van der Waals surface area contributed by atoms with Crippen molar-refractivity contribution in [3.8, 4) is 0 Å². The molecule has 6 nitrogen and oxygen atoms in total. The summed E-state index contributed by atoms with van der Waals surface area (Å²) in [6, 6.07) is 8.35. The molecule has 0 radical (unpaired) electrons. The van der Waals surface area contributed by atoms with Crippen LogP contribution in [-0.2, 0) is 13.6 Å². The highest BCUT2D eigenvalue weighted by Gasteiger charge is 2.17. The Morgan fingerprint density at radius 2 is 2.20 bits per heavy atom. The molecule has 0 unspecified atom stereocenters. The molecule has 0 atom stereocenters. The van der Waals surface area contributed by atoms with Crippen LogP contribution in [0.1, 0.15) is 16.1 Å². The Morgan fingerprint density at radius 1 is 1.45 bits per heavy atom. The van der Waals surface area contributed by atoms with Crippen LogP contribution in [0.15, 0.2) is 36.5 Å². The highest BCUT2D eigenvalue weighted by atomic mass is 35.5. The number of nitrogens with zero attached hydrogens (tertiary/aromatic N) is 2. The summed E-state index contributed by atoms with van der Waals surface area (Å²) >= 11 is 5.85. The van der Waals surface area contributed by atoms with Crippen molar-refractivity contribution in [2.45, 2.75) is 6.54 Å². The second-order valence-electron chi connectivity index (χ2n) is 4.26. The molecule has 0 bridgehead atoms. The van der Waals surface area contributed by atoms with E-state index < -0.39 is 4.92 Å². The fraction of sp³-hybridized carbons (Fsp3) is 0.154. The lowest BCUT2D eigenvalue weighted by molar-refractivity contribution is -0.384. The van der Waals surface area contributed by atoms with Gasteiger partial charge in [0.2, 0.25) is 0 Å². The fourth-order valence-corrected chi connectivity index (χ4v) is 2.01. The summed E-state index contributed by atoms with van der Waals surface area (Å²) in [6.45, 7) is 0.304. The van der Waals surface area contributed by atoms with E-state index in [9.17, 15) is 14.9 Å². The van der Waals surface area contributed by atoms with E-state index in [1.807, 2.05) is 6.07 Å². The number of benzene rings is 1. The monoisotopic (exact) mass is 293 g/mol. The third-order valence-corrected chi connectivity index (χ3v) is 3.01. The molecule has 1 N–H and O–H groups in total. The normalized spacial score (nSPS) is 10.3. The number of carbonyl (C=O) groups excluding carboxylic acids is 1. The van der Waals surface area contributed by atoms with Crippen LogP contribution < -0.4 is 5.32 Å². The van der Waals surface area contributed by atoms with Gasteiger partial charge in [-0.2, -0.15) is 0 Å². The SMILES string of the molecule is Cn1cc([N+](=O)[O-])cc1C(=O)NCc1cccc(Cl)c1. The Hall–Kier alpha value is -2.34. The van der Waals surface area contributed by atoms with Crippen molar-refractivity contribution >= 4 is 23.2 Å². The van der Waals surface area contributed by atoms with Gasteiger partial charge in [0.1, 0.15) is 5.69 Å². The van der Waals surface area contributed by atoms with Gasteiger partial charge in [0.15, 0.2) is 0 Å². The van der Waals surface area contributed by atoms with E-state index in [2.05, 4.69) is 5.32 Å². The number of amides is 1. The van der Waals surface area contributed by atoms with Crippen LogP contribution in [0.3, 0.4) is 0 Å². The zero-order chi connectivity index (χ0) is 14.7. The van der Waals surface area contributed by atoms with E-state index in [0.717, 1.165) is 5.56 Å². The maximum absolute atomic E-state index is 12.0. The van der Waals surface area contributed by atoms with Gasteiger partial charge >= 0.3 is 0 Å². The van der Waals surface area contributed by atoms with Gasteiger partial charge in [0.05, 0.1) is 11.1 Å². The Balaban J connectivity index is 2.07. The summed E-state index contributed by atoms with van der Waals surface area (Å²) in [7, 11) is 1.58. The third kappa shape index (κ3) is 3.16. The van der Waals surface area contributed by atoms with Gasteiger partial charge in [-0.25, -0.2) is 0 Å². The summed E-state index contributed by atoms with van der Waals surface area (Å²) in [4.78, 5) is 22.1. The van der Waals surface area contributed by atoms with Crippen LogP contribution in [0.25, 0.3) is 0 Å². The lowest BCUT2D eigenvalue weighted by Gasteiger charge is -2.06. The van der Waals surface area contributed by atoms with Crippen LogP contribution >= 0.6 is 11.6 Å². The second-order valence-corrected chi connectivity index (χ2v) is 4.70. The van der Waals surface area contributed by atoms with Crippen LogP contribution in [0, 0.1) is 10.1 Å². The zero-order valence-corrected chi connectivity index (χ0v) is 11.4. The lowest BCUT2D eigenvalue weighted by atomic mass is 10.2. The number of nitro groups is 1. The Kier molecular flexibility index (Phi) is 4.05. The Labute approximate surface area is 120 Å². The first-order chi connectivity index (χ1) is 9.47. The molecule has 1 amide bonds. The van der Waals surface area contributed by atoms with Crippen molar-refractivity contribution in [1.82, 2.24) is 9.88 Å². The second kappa shape index (κ2) is 5.75. The maximum Gasteiger partial charge on any atom is 0.287 e. The molecular formula is C13H12ClN3O3. The van der Waals surface area contributed by atoms with Gasteiger partial charge in [-0.1, -0.05) is 23.7 Å². The fourth-order valence-electron chi connectivity index (χ4n) is 1.79. The third-order valence-electron chi connectivity index (χ3n) is 2.78. The van der Waals surface area contributed by atoms with Gasteiger partial charge < -0.3 is 9.88 Å². The summed E-state index contributed by atoms with van der Waals surface area (Å²) in [5.74, 6) is -0.374. The minimum Gasteiger partial charge on any atom is -0.347 e. The standard InChI is InChI=1S/C13H12ClN3O3/c1-16-8-11(17(19)20)6-12(16)13(18)15-7-9-3-2-4-10(14)5-9/h2-6,8H,7H2,1H3,(H,15,18). The average molecular weight is 294 g/mol. The van der Waals surface area contributed by atoms with Crippen molar-refractivity contribution in [2.75, 3.05) is 0 Å². The maximum atomic E-state index is 12.0. The van der Waals surface area contributed by atoms with Crippen molar-refractivity contribution in [2.24, 2.45) is 7.05 Å².